The predicted molar refractivity (Wildman–Crippen MR) is 85.0 cm³/mol. The molecule has 0 radical (unpaired) electrons. The van der Waals surface area contributed by atoms with Crippen LogP contribution in [-0.2, 0) is 4.84 Å². The van der Waals surface area contributed by atoms with Gasteiger partial charge in [0.25, 0.3) is 5.69 Å². The van der Waals surface area contributed by atoms with E-state index in [-0.39, 0.29) is 17.8 Å². The molecule has 0 fully saturated rings. The SMILES string of the molecule is C/C(=N\OCC(O)CNC(C)(C)C)c1ccc([N+](=O)[O-])cc1. The zero-order chi connectivity index (χ0) is 16.8. The van der Waals surface area contributed by atoms with Crippen LogP contribution in [0.4, 0.5) is 5.69 Å². The fraction of sp³-hybridized carbons (Fsp3) is 0.533. The molecule has 0 bridgehead atoms. The molecular weight excluding hydrogens is 286 g/mol. The summed E-state index contributed by atoms with van der Waals surface area (Å²) in [6.45, 7) is 8.26. The van der Waals surface area contributed by atoms with Crippen LogP contribution < -0.4 is 5.32 Å². The third-order valence-corrected chi connectivity index (χ3v) is 2.83. The van der Waals surface area contributed by atoms with Crippen LogP contribution in [0.5, 0.6) is 0 Å². The Hall–Kier alpha value is -1.99. The van der Waals surface area contributed by atoms with Gasteiger partial charge in [-0.3, -0.25) is 10.1 Å². The van der Waals surface area contributed by atoms with Crippen molar-refractivity contribution in [3.63, 3.8) is 0 Å². The molecular formula is C15H23N3O4. The molecule has 0 aliphatic heterocycles. The second-order valence-corrected chi connectivity index (χ2v) is 6.06. The van der Waals surface area contributed by atoms with Crippen molar-refractivity contribution in [3.8, 4) is 0 Å². The Morgan fingerprint density at radius 1 is 1.41 bits per heavy atom. The van der Waals surface area contributed by atoms with Crippen LogP contribution in [0.25, 0.3) is 0 Å². The average Bonchev–Trinajstić information content (AvgIpc) is 2.44. The lowest BCUT2D eigenvalue weighted by Crippen LogP contribution is -2.42. The first kappa shape index (κ1) is 18.1. The number of nitrogens with one attached hydrogen (secondary N) is 1. The molecule has 22 heavy (non-hydrogen) atoms. The van der Waals surface area contributed by atoms with Crippen LogP contribution in [0, 0.1) is 10.1 Å². The van der Waals surface area contributed by atoms with Crippen molar-refractivity contribution in [1.82, 2.24) is 5.32 Å². The smallest absolute Gasteiger partial charge is 0.269 e. The number of rotatable bonds is 7. The Bertz CT molecular complexity index is 521. The molecule has 122 valence electrons. The summed E-state index contributed by atoms with van der Waals surface area (Å²) in [7, 11) is 0. The number of hydrogen-bond acceptors (Lipinski definition) is 6. The lowest BCUT2D eigenvalue weighted by molar-refractivity contribution is -0.384. The summed E-state index contributed by atoms with van der Waals surface area (Å²) in [6.07, 6.45) is -0.660. The van der Waals surface area contributed by atoms with Gasteiger partial charge in [-0.2, -0.15) is 0 Å². The van der Waals surface area contributed by atoms with E-state index in [0.29, 0.717) is 12.3 Å². The minimum Gasteiger partial charge on any atom is -0.393 e. The Morgan fingerprint density at radius 2 is 2.00 bits per heavy atom. The molecule has 0 spiro atoms. The maximum absolute atomic E-state index is 10.6. The maximum Gasteiger partial charge on any atom is 0.269 e. The summed E-state index contributed by atoms with van der Waals surface area (Å²) in [4.78, 5) is 15.2. The second-order valence-electron chi connectivity index (χ2n) is 6.06. The number of non-ortho nitro benzene ring substituents is 1. The molecule has 1 unspecified atom stereocenters. The molecule has 0 aliphatic carbocycles. The highest BCUT2D eigenvalue weighted by molar-refractivity contribution is 5.98. The van der Waals surface area contributed by atoms with Crippen LogP contribution in [0.2, 0.25) is 0 Å². The zero-order valence-electron chi connectivity index (χ0n) is 13.4. The Balaban J connectivity index is 2.47. The number of nitro benzene ring substituents is 1. The minimum atomic E-state index is -0.660. The third kappa shape index (κ3) is 6.64. The normalized spacial score (nSPS) is 13.8. The highest BCUT2D eigenvalue weighted by Gasteiger charge is 2.12. The zero-order valence-corrected chi connectivity index (χ0v) is 13.4. The molecule has 7 nitrogen and oxygen atoms in total. The summed E-state index contributed by atoms with van der Waals surface area (Å²) in [5.41, 5.74) is 1.28. The lowest BCUT2D eigenvalue weighted by atomic mass is 10.1. The summed E-state index contributed by atoms with van der Waals surface area (Å²) in [5.74, 6) is 0. The van der Waals surface area contributed by atoms with Crippen LogP contribution >= 0.6 is 0 Å². The fourth-order valence-electron chi connectivity index (χ4n) is 1.58. The molecule has 7 heteroatoms. The summed E-state index contributed by atoms with van der Waals surface area (Å²) in [5, 5.41) is 27.4. The van der Waals surface area contributed by atoms with Gasteiger partial charge in [0.2, 0.25) is 0 Å². The minimum absolute atomic E-state index is 0.0288. The highest BCUT2D eigenvalue weighted by Crippen LogP contribution is 2.12. The van der Waals surface area contributed by atoms with E-state index in [4.69, 9.17) is 4.84 Å². The van der Waals surface area contributed by atoms with Crippen molar-refractivity contribution >= 4 is 11.4 Å². The van der Waals surface area contributed by atoms with Gasteiger partial charge in [-0.25, -0.2) is 0 Å². The largest absolute Gasteiger partial charge is 0.393 e. The number of nitrogens with zero attached hydrogens (tertiary/aromatic N) is 2. The summed E-state index contributed by atoms with van der Waals surface area (Å²) < 4.78 is 0. The number of benzene rings is 1. The quantitative estimate of drug-likeness (QED) is 0.456. The van der Waals surface area contributed by atoms with Gasteiger partial charge in [-0.1, -0.05) is 5.16 Å². The van der Waals surface area contributed by atoms with E-state index in [2.05, 4.69) is 10.5 Å². The molecule has 0 amide bonds. The average molecular weight is 309 g/mol. The third-order valence-electron chi connectivity index (χ3n) is 2.83. The first-order valence-corrected chi connectivity index (χ1v) is 7.03. The Kier molecular flexibility index (Phi) is 6.45. The van der Waals surface area contributed by atoms with E-state index in [0.717, 1.165) is 5.56 Å². The van der Waals surface area contributed by atoms with Gasteiger partial charge in [-0.15, -0.1) is 0 Å². The Morgan fingerprint density at radius 3 is 2.50 bits per heavy atom. The van der Waals surface area contributed by atoms with E-state index in [9.17, 15) is 15.2 Å². The first-order valence-electron chi connectivity index (χ1n) is 7.03. The first-order chi connectivity index (χ1) is 10.2. The van der Waals surface area contributed by atoms with Gasteiger partial charge < -0.3 is 15.3 Å². The van der Waals surface area contributed by atoms with Crippen LogP contribution in [-0.4, -0.2) is 40.5 Å². The fourth-order valence-corrected chi connectivity index (χ4v) is 1.58. The molecule has 0 heterocycles. The van der Waals surface area contributed by atoms with Crippen molar-refractivity contribution in [1.29, 1.82) is 0 Å². The van der Waals surface area contributed by atoms with Gasteiger partial charge in [0.1, 0.15) is 12.7 Å². The van der Waals surface area contributed by atoms with E-state index in [1.807, 2.05) is 20.8 Å². The van der Waals surface area contributed by atoms with Crippen molar-refractivity contribution in [2.45, 2.75) is 39.3 Å². The monoisotopic (exact) mass is 309 g/mol. The molecule has 1 atom stereocenters. The number of oxime groups is 1. The van der Waals surface area contributed by atoms with Crippen molar-refractivity contribution in [2.24, 2.45) is 5.16 Å². The number of hydrogen-bond donors (Lipinski definition) is 2. The van der Waals surface area contributed by atoms with Crippen molar-refractivity contribution in [2.75, 3.05) is 13.2 Å². The number of β-amino-alcohol motifs (C(OH)–C–C–N with tert-alkyl or cyclic N) is 1. The molecule has 0 saturated carbocycles. The molecule has 1 aromatic rings. The van der Waals surface area contributed by atoms with Crippen molar-refractivity contribution < 1.29 is 14.9 Å². The van der Waals surface area contributed by atoms with Gasteiger partial charge in [0.05, 0.1) is 10.6 Å². The van der Waals surface area contributed by atoms with Gasteiger partial charge in [0, 0.05) is 24.2 Å². The van der Waals surface area contributed by atoms with Gasteiger partial charge >= 0.3 is 0 Å². The standard InChI is InChI=1S/C15H23N3O4/c1-11(12-5-7-13(8-6-12)18(20)21)17-22-10-14(19)9-16-15(2,3)4/h5-8,14,16,19H,9-10H2,1-4H3/b17-11+. The van der Waals surface area contributed by atoms with Crippen LogP contribution in [0.1, 0.15) is 33.3 Å². The van der Waals surface area contributed by atoms with Crippen LogP contribution in [0.15, 0.2) is 29.4 Å². The predicted octanol–water partition coefficient (Wildman–Crippen LogP) is 2.08. The highest BCUT2D eigenvalue weighted by atomic mass is 16.6. The molecule has 1 rings (SSSR count). The second kappa shape index (κ2) is 7.86. The molecule has 0 aromatic heterocycles. The molecule has 0 saturated heterocycles. The van der Waals surface area contributed by atoms with E-state index in [1.165, 1.54) is 12.1 Å². The molecule has 0 aliphatic rings. The number of aliphatic hydroxyl groups excluding tert-OH is 1. The number of aliphatic hydroxyl groups is 1. The van der Waals surface area contributed by atoms with Crippen molar-refractivity contribution in [3.05, 3.63) is 39.9 Å². The molecule has 1 aromatic carbocycles. The topological polar surface area (TPSA) is 97.0 Å². The van der Waals surface area contributed by atoms with E-state index in [1.54, 1.807) is 19.1 Å². The Labute approximate surface area is 130 Å². The van der Waals surface area contributed by atoms with E-state index < -0.39 is 11.0 Å². The van der Waals surface area contributed by atoms with Gasteiger partial charge in [-0.05, 0) is 45.4 Å². The molecule has 2 N–H and O–H groups in total. The maximum atomic E-state index is 10.6. The number of nitro groups is 1. The summed E-state index contributed by atoms with van der Waals surface area (Å²) in [6, 6.07) is 6.04. The lowest BCUT2D eigenvalue weighted by Gasteiger charge is -2.22. The van der Waals surface area contributed by atoms with Gasteiger partial charge in [0.15, 0.2) is 0 Å². The summed E-state index contributed by atoms with van der Waals surface area (Å²) >= 11 is 0. The van der Waals surface area contributed by atoms with E-state index >= 15 is 0 Å². The van der Waals surface area contributed by atoms with Crippen LogP contribution in [0.3, 0.4) is 0 Å².